The van der Waals surface area contributed by atoms with Crippen LogP contribution in [0.25, 0.3) is 100 Å². The number of hydrogen-bond acceptors (Lipinski definition) is 6. The fourth-order valence-electron chi connectivity index (χ4n) is 9.51. The summed E-state index contributed by atoms with van der Waals surface area (Å²) in [5.41, 5.74) is 15.0. The first-order chi connectivity index (χ1) is 38.8. The maximum atomic E-state index is 6.29. The van der Waals surface area contributed by atoms with E-state index in [4.69, 9.17) is 29.2 Å². The molecule has 12 aromatic rings. The van der Waals surface area contributed by atoms with E-state index >= 15 is 0 Å². The molecule has 13 rings (SSSR count). The van der Waals surface area contributed by atoms with Gasteiger partial charge in [0.2, 0.25) is 0 Å². The fourth-order valence-corrected chi connectivity index (χ4v) is 10.4. The summed E-state index contributed by atoms with van der Waals surface area (Å²) in [6.45, 7) is 8.31. The van der Waals surface area contributed by atoms with Gasteiger partial charge >= 0.3 is 7.12 Å². The van der Waals surface area contributed by atoms with Gasteiger partial charge in [0.1, 0.15) is 0 Å². The zero-order chi connectivity index (χ0) is 55.2. The summed E-state index contributed by atoms with van der Waals surface area (Å²) < 4.78 is 16.1. The molecule has 0 spiro atoms. The summed E-state index contributed by atoms with van der Waals surface area (Å²) in [7, 11) is -0.398. The molecule has 1 saturated heterocycles. The van der Waals surface area contributed by atoms with E-state index in [0.717, 1.165) is 97.9 Å². The van der Waals surface area contributed by atoms with Crippen LogP contribution in [0.4, 0.5) is 0 Å². The van der Waals surface area contributed by atoms with Gasteiger partial charge < -0.3 is 9.31 Å². The molecule has 80 heavy (non-hydrogen) atoms. The smallest absolute Gasteiger partial charge is 0.399 e. The van der Waals surface area contributed by atoms with Crippen LogP contribution >= 0.6 is 54.5 Å². The Morgan fingerprint density at radius 2 is 0.688 bits per heavy atom. The normalized spacial score (nSPS) is 13.3. The van der Waals surface area contributed by atoms with Crippen molar-refractivity contribution in [3.05, 3.63) is 267 Å². The van der Waals surface area contributed by atoms with Gasteiger partial charge in [-0.15, -0.1) is 0 Å². The summed E-state index contributed by atoms with van der Waals surface area (Å²) in [6.07, 6.45) is 0. The van der Waals surface area contributed by atoms with Crippen molar-refractivity contribution in [3.8, 4) is 78.7 Å². The van der Waals surface area contributed by atoms with E-state index in [9.17, 15) is 0 Å². The molecule has 3 heterocycles. The Bertz CT molecular complexity index is 4090. The van der Waals surface area contributed by atoms with Crippen LogP contribution in [0.1, 0.15) is 27.7 Å². The maximum Gasteiger partial charge on any atom is 0.494 e. The number of rotatable bonds is 8. The van der Waals surface area contributed by atoms with Crippen molar-refractivity contribution < 1.29 is 9.31 Å². The molecule has 0 atom stereocenters. The second-order valence-corrected chi connectivity index (χ2v) is 23.5. The third kappa shape index (κ3) is 12.5. The minimum Gasteiger partial charge on any atom is -0.399 e. The highest BCUT2D eigenvalue weighted by atomic mass is 127. The molecule has 1 aliphatic rings. The molecule has 10 heteroatoms. The standard InChI is InChI=1S/C32H29BN2O2.C32H21BrN2.C6H4BrI/c1-31(2)32(3,4)37-33(36-31)26-17-11-15-24(21-26)23-14-10-16-25(20-23)30-34-28-19-9-8-18-27(28)29(35-30)22-12-6-5-7-13-22;33-28-18-16-22(17-19-28)24-10-6-11-25(20-24)26-12-7-13-27(21-26)32-34-30-15-5-4-14-29(30)31(35-32)23-8-2-1-3-9-23;7-5-1-3-6(8)4-2-5/h5-21H,1-4H3;1-21H;1-4H. The van der Waals surface area contributed by atoms with Crippen molar-refractivity contribution in [2.24, 2.45) is 0 Å². The molecule has 6 nitrogen and oxygen atoms in total. The van der Waals surface area contributed by atoms with Gasteiger partial charge in [-0.3, -0.25) is 0 Å². The van der Waals surface area contributed by atoms with Gasteiger partial charge in [0.05, 0.1) is 33.6 Å². The summed E-state index contributed by atoms with van der Waals surface area (Å²) in [4.78, 5) is 19.9. The van der Waals surface area contributed by atoms with Gasteiger partial charge in [-0.05, 0) is 156 Å². The minimum absolute atomic E-state index is 0.378. The molecule has 0 amide bonds. The van der Waals surface area contributed by atoms with Crippen molar-refractivity contribution in [1.29, 1.82) is 0 Å². The topological polar surface area (TPSA) is 70.0 Å². The number of aromatic nitrogens is 4. The Hall–Kier alpha value is -7.45. The summed E-state index contributed by atoms with van der Waals surface area (Å²) in [6, 6.07) is 87.5. The van der Waals surface area contributed by atoms with E-state index in [1.54, 1.807) is 0 Å². The number of benzene rings is 10. The fraction of sp³-hybridized carbons (Fsp3) is 0.0857. The summed E-state index contributed by atoms with van der Waals surface area (Å²) in [5.74, 6) is 1.44. The van der Waals surface area contributed by atoms with E-state index in [0.29, 0.717) is 5.82 Å². The van der Waals surface area contributed by atoms with Crippen LogP contribution in [0.2, 0.25) is 0 Å². The Labute approximate surface area is 498 Å². The lowest BCUT2D eigenvalue weighted by atomic mass is 9.78. The third-order valence-electron chi connectivity index (χ3n) is 14.5. The number of nitrogens with zero attached hydrogens (tertiary/aromatic N) is 4. The van der Waals surface area contributed by atoms with Gasteiger partial charge in [0.15, 0.2) is 11.6 Å². The van der Waals surface area contributed by atoms with Crippen molar-refractivity contribution in [2.75, 3.05) is 0 Å². The lowest BCUT2D eigenvalue weighted by molar-refractivity contribution is 0.00578. The van der Waals surface area contributed by atoms with Gasteiger partial charge in [0, 0.05) is 45.5 Å². The molecule has 0 unspecified atom stereocenters. The molecule has 390 valence electrons. The number of para-hydroxylation sites is 2. The number of fused-ring (bicyclic) bond motifs is 2. The molecular formula is C70H54BBr2IN4O2. The van der Waals surface area contributed by atoms with Gasteiger partial charge in [-0.25, -0.2) is 19.9 Å². The van der Waals surface area contributed by atoms with Crippen molar-refractivity contribution in [2.45, 2.75) is 38.9 Å². The summed E-state index contributed by atoms with van der Waals surface area (Å²) >= 11 is 9.14. The largest absolute Gasteiger partial charge is 0.494 e. The molecule has 0 aliphatic carbocycles. The van der Waals surface area contributed by atoms with Crippen LogP contribution in [-0.4, -0.2) is 38.3 Å². The number of hydrogen-bond donors (Lipinski definition) is 0. The monoisotopic (exact) mass is 1280 g/mol. The van der Waals surface area contributed by atoms with Crippen LogP contribution in [0.15, 0.2) is 264 Å². The van der Waals surface area contributed by atoms with E-state index < -0.39 is 7.12 Å². The third-order valence-corrected chi connectivity index (χ3v) is 16.2. The van der Waals surface area contributed by atoms with Gasteiger partial charge in [-0.2, -0.15) is 0 Å². The van der Waals surface area contributed by atoms with E-state index in [1.807, 2.05) is 78.9 Å². The molecule has 0 saturated carbocycles. The van der Waals surface area contributed by atoms with Crippen LogP contribution in [0.3, 0.4) is 0 Å². The molecule has 1 aliphatic heterocycles. The summed E-state index contributed by atoms with van der Waals surface area (Å²) in [5, 5.41) is 2.10. The Balaban J connectivity index is 0.000000148. The van der Waals surface area contributed by atoms with E-state index in [1.165, 1.54) is 14.7 Å². The molecule has 0 bridgehead atoms. The lowest BCUT2D eigenvalue weighted by Gasteiger charge is -2.32. The van der Waals surface area contributed by atoms with Crippen LogP contribution in [-0.2, 0) is 9.31 Å². The van der Waals surface area contributed by atoms with Crippen LogP contribution in [0.5, 0.6) is 0 Å². The van der Waals surface area contributed by atoms with Crippen LogP contribution < -0.4 is 5.46 Å². The quantitative estimate of drug-likeness (QED) is 0.112. The maximum absolute atomic E-state index is 6.29. The highest BCUT2D eigenvalue weighted by Crippen LogP contribution is 2.38. The average Bonchev–Trinajstić information content (AvgIpc) is 3.94. The molecule has 0 radical (unpaired) electrons. The zero-order valence-electron chi connectivity index (χ0n) is 44.6. The molecule has 0 N–H and O–H groups in total. The van der Waals surface area contributed by atoms with Gasteiger partial charge in [-0.1, -0.05) is 220 Å². The first kappa shape index (κ1) is 54.5. The minimum atomic E-state index is -0.398. The Morgan fingerprint density at radius 3 is 1.14 bits per heavy atom. The number of halogens is 3. The zero-order valence-corrected chi connectivity index (χ0v) is 49.9. The van der Waals surface area contributed by atoms with Crippen molar-refractivity contribution >= 4 is 88.8 Å². The molecule has 10 aromatic carbocycles. The van der Waals surface area contributed by atoms with E-state index in [2.05, 4.69) is 258 Å². The molecule has 2 aromatic heterocycles. The van der Waals surface area contributed by atoms with Crippen molar-refractivity contribution in [1.82, 2.24) is 19.9 Å². The highest BCUT2D eigenvalue weighted by molar-refractivity contribution is 14.1. The highest BCUT2D eigenvalue weighted by Gasteiger charge is 2.51. The predicted molar refractivity (Wildman–Crippen MR) is 347 cm³/mol. The lowest BCUT2D eigenvalue weighted by Crippen LogP contribution is -2.41. The predicted octanol–water partition coefficient (Wildman–Crippen LogP) is 19.0. The second-order valence-electron chi connectivity index (χ2n) is 20.5. The first-order valence-corrected chi connectivity index (χ1v) is 29.1. The Kier molecular flexibility index (Phi) is 16.4. The van der Waals surface area contributed by atoms with Crippen LogP contribution in [0, 0.1) is 3.57 Å². The first-order valence-electron chi connectivity index (χ1n) is 26.4. The molecular weight excluding hydrogens is 1230 g/mol. The SMILES string of the molecule is Brc1ccc(-c2cccc(-c3cccc(-c4nc(-c5ccccc5)c5ccccc5n4)c3)c2)cc1.Brc1ccc(I)cc1.CC1(C)OB(c2cccc(-c3cccc(-c4nc(-c5ccccc5)c5ccccc5n4)c3)c2)OC1(C)C. The Morgan fingerprint density at radius 1 is 0.338 bits per heavy atom. The van der Waals surface area contributed by atoms with E-state index in [-0.39, 0.29) is 11.2 Å². The second kappa shape index (κ2) is 24.1. The van der Waals surface area contributed by atoms with Gasteiger partial charge in [0.25, 0.3) is 0 Å². The average molecular weight is 1280 g/mol. The molecule has 1 fully saturated rings. The van der Waals surface area contributed by atoms with Crippen molar-refractivity contribution in [3.63, 3.8) is 0 Å².